The van der Waals surface area contributed by atoms with Gasteiger partial charge in [0, 0.05) is 11.9 Å². The Hall–Kier alpha value is -3.29. The molecule has 0 saturated carbocycles. The Kier molecular flexibility index (Phi) is 5.39. The van der Waals surface area contributed by atoms with E-state index in [1.807, 2.05) is 0 Å². The molecule has 0 fully saturated rings. The van der Waals surface area contributed by atoms with Crippen LogP contribution in [-0.2, 0) is 11.0 Å². The highest BCUT2D eigenvalue weighted by atomic mass is 19.4. The number of nitrogens with zero attached hydrogens (tertiary/aromatic N) is 1. The fourth-order valence-corrected chi connectivity index (χ4v) is 2.77. The second kappa shape index (κ2) is 7.75. The van der Waals surface area contributed by atoms with E-state index >= 15 is 0 Å². The molecule has 0 saturated heterocycles. The van der Waals surface area contributed by atoms with Crippen LogP contribution in [0.1, 0.15) is 23.0 Å². The second-order valence-electron chi connectivity index (χ2n) is 6.06. The Morgan fingerprint density at radius 2 is 1.75 bits per heavy atom. The SMILES string of the molecule is CCN(CC(=O)Nc1ccccc1C(F)(F)F)C(=O)c1cc2ccccc2o1. The van der Waals surface area contributed by atoms with Crippen molar-refractivity contribution in [2.24, 2.45) is 0 Å². The number of rotatable bonds is 5. The van der Waals surface area contributed by atoms with E-state index in [-0.39, 0.29) is 18.0 Å². The van der Waals surface area contributed by atoms with E-state index in [1.54, 1.807) is 37.3 Å². The standard InChI is InChI=1S/C20H17F3N2O3/c1-2-25(19(27)17-11-13-7-3-6-10-16(13)28-17)12-18(26)24-15-9-5-4-8-14(15)20(21,22)23/h3-11H,2,12H2,1H3,(H,24,26). The molecule has 8 heteroatoms. The van der Waals surface area contributed by atoms with Gasteiger partial charge in [0.15, 0.2) is 5.76 Å². The number of alkyl halides is 3. The van der Waals surface area contributed by atoms with Gasteiger partial charge in [-0.05, 0) is 31.2 Å². The third-order valence-electron chi connectivity index (χ3n) is 4.15. The highest BCUT2D eigenvalue weighted by molar-refractivity contribution is 6.00. The van der Waals surface area contributed by atoms with Crippen LogP contribution in [0.25, 0.3) is 11.0 Å². The Bertz CT molecular complexity index is 978. The van der Waals surface area contributed by atoms with Gasteiger partial charge in [-0.2, -0.15) is 13.2 Å². The number of nitrogens with one attached hydrogen (secondary N) is 1. The summed E-state index contributed by atoms with van der Waals surface area (Å²) in [7, 11) is 0. The quantitative estimate of drug-likeness (QED) is 0.695. The topological polar surface area (TPSA) is 62.6 Å². The molecule has 0 aliphatic rings. The van der Waals surface area contributed by atoms with Crippen molar-refractivity contribution in [1.29, 1.82) is 0 Å². The number of fused-ring (bicyclic) bond motifs is 1. The van der Waals surface area contributed by atoms with E-state index in [1.165, 1.54) is 17.0 Å². The number of hydrogen-bond acceptors (Lipinski definition) is 3. The van der Waals surface area contributed by atoms with Gasteiger partial charge in [0.25, 0.3) is 5.91 Å². The molecular formula is C20H17F3N2O3. The molecule has 2 aromatic carbocycles. The van der Waals surface area contributed by atoms with Crippen molar-refractivity contribution >= 4 is 28.5 Å². The van der Waals surface area contributed by atoms with E-state index in [0.717, 1.165) is 17.5 Å². The number of carbonyl (C=O) groups is 2. The lowest BCUT2D eigenvalue weighted by molar-refractivity contribution is -0.137. The average molecular weight is 390 g/mol. The summed E-state index contributed by atoms with van der Waals surface area (Å²) in [6.07, 6.45) is -4.60. The summed E-state index contributed by atoms with van der Waals surface area (Å²) in [5, 5.41) is 2.97. The van der Waals surface area contributed by atoms with Crippen LogP contribution in [0.15, 0.2) is 59.0 Å². The molecule has 1 heterocycles. The minimum atomic E-state index is -4.60. The third-order valence-corrected chi connectivity index (χ3v) is 4.15. The summed E-state index contributed by atoms with van der Waals surface area (Å²) in [6, 6.07) is 13.3. The number of benzene rings is 2. The fourth-order valence-electron chi connectivity index (χ4n) is 2.77. The van der Waals surface area contributed by atoms with E-state index in [4.69, 9.17) is 4.42 Å². The molecule has 3 aromatic rings. The van der Waals surface area contributed by atoms with Crippen molar-refractivity contribution in [3.8, 4) is 0 Å². The van der Waals surface area contributed by atoms with Gasteiger partial charge >= 0.3 is 6.18 Å². The minimum Gasteiger partial charge on any atom is -0.451 e. The Labute approximate surface area is 158 Å². The molecule has 1 aromatic heterocycles. The van der Waals surface area contributed by atoms with Crippen molar-refractivity contribution in [3.05, 3.63) is 65.9 Å². The molecule has 2 amide bonds. The highest BCUT2D eigenvalue weighted by Crippen LogP contribution is 2.34. The van der Waals surface area contributed by atoms with Crippen molar-refractivity contribution in [1.82, 2.24) is 4.90 Å². The summed E-state index contributed by atoms with van der Waals surface area (Å²) in [6.45, 7) is 1.44. The van der Waals surface area contributed by atoms with E-state index in [2.05, 4.69) is 5.32 Å². The molecule has 0 unspecified atom stereocenters. The average Bonchev–Trinajstić information content (AvgIpc) is 3.09. The summed E-state index contributed by atoms with van der Waals surface area (Å²) in [4.78, 5) is 26.1. The van der Waals surface area contributed by atoms with Gasteiger partial charge in [-0.15, -0.1) is 0 Å². The Morgan fingerprint density at radius 3 is 2.43 bits per heavy atom. The van der Waals surface area contributed by atoms with Crippen LogP contribution >= 0.6 is 0 Å². The van der Waals surface area contributed by atoms with Crippen LogP contribution in [0.3, 0.4) is 0 Å². The molecule has 0 aliphatic carbocycles. The predicted octanol–water partition coefficient (Wildman–Crippen LogP) is 4.55. The smallest absolute Gasteiger partial charge is 0.418 e. The highest BCUT2D eigenvalue weighted by Gasteiger charge is 2.33. The molecule has 0 aliphatic heterocycles. The molecule has 0 radical (unpaired) electrons. The first-order chi connectivity index (χ1) is 13.3. The Morgan fingerprint density at radius 1 is 1.07 bits per heavy atom. The zero-order valence-corrected chi connectivity index (χ0v) is 14.9. The van der Waals surface area contributed by atoms with Crippen LogP contribution in [0.4, 0.5) is 18.9 Å². The maximum atomic E-state index is 13.1. The molecule has 5 nitrogen and oxygen atoms in total. The second-order valence-corrected chi connectivity index (χ2v) is 6.06. The molecule has 146 valence electrons. The van der Waals surface area contributed by atoms with Crippen LogP contribution in [0.2, 0.25) is 0 Å². The molecule has 0 spiro atoms. The van der Waals surface area contributed by atoms with Crippen molar-refractivity contribution < 1.29 is 27.2 Å². The lowest BCUT2D eigenvalue weighted by atomic mass is 10.1. The van der Waals surface area contributed by atoms with Gasteiger partial charge in [-0.25, -0.2) is 0 Å². The largest absolute Gasteiger partial charge is 0.451 e. The van der Waals surface area contributed by atoms with Crippen LogP contribution < -0.4 is 5.32 Å². The maximum Gasteiger partial charge on any atom is 0.418 e. The van der Waals surface area contributed by atoms with Crippen molar-refractivity contribution in [2.75, 3.05) is 18.4 Å². The van der Waals surface area contributed by atoms with Crippen LogP contribution in [0, 0.1) is 0 Å². The van der Waals surface area contributed by atoms with Crippen LogP contribution in [0.5, 0.6) is 0 Å². The molecular weight excluding hydrogens is 373 g/mol. The third kappa shape index (κ3) is 4.16. The number of anilines is 1. The van der Waals surface area contributed by atoms with Gasteiger partial charge in [0.05, 0.1) is 11.3 Å². The number of likely N-dealkylation sites (N-methyl/N-ethyl adjacent to an activating group) is 1. The van der Waals surface area contributed by atoms with Crippen molar-refractivity contribution in [3.63, 3.8) is 0 Å². The molecule has 0 atom stereocenters. The number of hydrogen-bond donors (Lipinski definition) is 1. The lowest BCUT2D eigenvalue weighted by Gasteiger charge is -2.20. The zero-order valence-electron chi connectivity index (χ0n) is 14.9. The first-order valence-corrected chi connectivity index (χ1v) is 8.53. The maximum absolute atomic E-state index is 13.1. The van der Waals surface area contributed by atoms with Gasteiger partial charge < -0.3 is 14.6 Å². The van der Waals surface area contributed by atoms with E-state index in [9.17, 15) is 22.8 Å². The summed E-state index contributed by atoms with van der Waals surface area (Å²) in [5.41, 5.74) is -0.771. The van der Waals surface area contributed by atoms with E-state index in [0.29, 0.717) is 5.58 Å². The predicted molar refractivity (Wildman–Crippen MR) is 97.9 cm³/mol. The zero-order chi connectivity index (χ0) is 20.3. The number of para-hydroxylation sites is 2. The fraction of sp³-hybridized carbons (Fsp3) is 0.200. The van der Waals surface area contributed by atoms with Crippen molar-refractivity contribution in [2.45, 2.75) is 13.1 Å². The molecule has 28 heavy (non-hydrogen) atoms. The number of halogens is 3. The minimum absolute atomic E-state index is 0.0616. The first-order valence-electron chi connectivity index (χ1n) is 8.53. The normalized spacial score (nSPS) is 11.4. The van der Waals surface area contributed by atoms with Gasteiger partial charge in [0.2, 0.25) is 5.91 Å². The molecule has 0 bridgehead atoms. The van der Waals surface area contributed by atoms with Crippen LogP contribution in [-0.4, -0.2) is 29.8 Å². The van der Waals surface area contributed by atoms with Gasteiger partial charge in [-0.3, -0.25) is 9.59 Å². The number of furan rings is 1. The molecule has 1 N–H and O–H groups in total. The van der Waals surface area contributed by atoms with Gasteiger partial charge in [-0.1, -0.05) is 30.3 Å². The molecule has 3 rings (SSSR count). The number of amides is 2. The first kappa shape index (κ1) is 19.5. The van der Waals surface area contributed by atoms with Gasteiger partial charge in [0.1, 0.15) is 12.1 Å². The summed E-state index contributed by atoms with van der Waals surface area (Å²) in [5.74, 6) is -1.19. The van der Waals surface area contributed by atoms with E-state index < -0.39 is 30.1 Å². The summed E-state index contributed by atoms with van der Waals surface area (Å²) >= 11 is 0. The summed E-state index contributed by atoms with van der Waals surface area (Å²) < 4.78 is 44.7. The Balaban J connectivity index is 1.74. The lowest BCUT2D eigenvalue weighted by Crippen LogP contribution is -2.38. The monoisotopic (exact) mass is 390 g/mol. The number of carbonyl (C=O) groups excluding carboxylic acids is 2.